The van der Waals surface area contributed by atoms with Crippen LogP contribution in [0.1, 0.15) is 23.1 Å². The van der Waals surface area contributed by atoms with Gasteiger partial charge in [-0.05, 0) is 25.1 Å². The number of benzene rings is 1. The molecule has 3 aromatic rings. The third-order valence-electron chi connectivity index (χ3n) is 4.63. The smallest absolute Gasteiger partial charge is 0.276 e. The summed E-state index contributed by atoms with van der Waals surface area (Å²) in [5.74, 6) is -0.180. The fourth-order valence-corrected chi connectivity index (χ4v) is 3.20. The highest BCUT2D eigenvalue weighted by Gasteiger charge is 2.24. The van der Waals surface area contributed by atoms with Gasteiger partial charge in [0.15, 0.2) is 5.69 Å². The average molecular weight is 351 g/mol. The summed E-state index contributed by atoms with van der Waals surface area (Å²) in [5, 5.41) is 11.5. The van der Waals surface area contributed by atoms with E-state index in [-0.39, 0.29) is 5.91 Å². The molecule has 4 rings (SSSR count). The van der Waals surface area contributed by atoms with Gasteiger partial charge in [0, 0.05) is 24.8 Å². The van der Waals surface area contributed by atoms with Crippen LogP contribution < -0.4 is 5.32 Å². The number of carbonyl (C=O) groups excluding carboxylic acids is 1. The number of nitrogens with one attached hydrogen (secondary N) is 1. The molecule has 1 unspecified atom stereocenters. The van der Waals surface area contributed by atoms with Crippen LogP contribution >= 0.6 is 0 Å². The molecule has 0 fully saturated rings. The average Bonchev–Trinajstić information content (AvgIpc) is 3.31. The van der Waals surface area contributed by atoms with Crippen LogP contribution in [0, 0.1) is 0 Å². The molecule has 1 aromatic carbocycles. The van der Waals surface area contributed by atoms with Crippen LogP contribution in [0.25, 0.3) is 0 Å². The summed E-state index contributed by atoms with van der Waals surface area (Å²) >= 11 is 0. The summed E-state index contributed by atoms with van der Waals surface area (Å²) in [4.78, 5) is 18.8. The molecule has 1 atom stereocenters. The van der Waals surface area contributed by atoms with Crippen molar-refractivity contribution in [2.24, 2.45) is 0 Å². The molecule has 0 saturated carbocycles. The molecular formula is C18H21N7O. The van der Waals surface area contributed by atoms with Gasteiger partial charge in [-0.25, -0.2) is 4.98 Å². The van der Waals surface area contributed by atoms with E-state index in [9.17, 15) is 4.79 Å². The second-order valence-electron chi connectivity index (χ2n) is 6.50. The van der Waals surface area contributed by atoms with Gasteiger partial charge in [0.05, 0.1) is 18.8 Å². The van der Waals surface area contributed by atoms with E-state index < -0.39 is 0 Å². The van der Waals surface area contributed by atoms with Crippen molar-refractivity contribution in [2.75, 3.05) is 11.9 Å². The Balaban J connectivity index is 1.42. The molecule has 0 spiro atoms. The maximum Gasteiger partial charge on any atom is 0.276 e. The molecule has 0 bridgehead atoms. The first-order chi connectivity index (χ1) is 12.7. The van der Waals surface area contributed by atoms with Crippen LogP contribution in [0.2, 0.25) is 0 Å². The summed E-state index contributed by atoms with van der Waals surface area (Å²) in [6.07, 6.45) is 3.28. The molecule has 134 valence electrons. The predicted molar refractivity (Wildman–Crippen MR) is 96.5 cm³/mol. The van der Waals surface area contributed by atoms with Gasteiger partial charge in [-0.15, -0.1) is 0 Å². The molecule has 0 aliphatic carbocycles. The predicted octanol–water partition coefficient (Wildman–Crippen LogP) is 1.63. The molecule has 0 saturated heterocycles. The second kappa shape index (κ2) is 7.09. The lowest BCUT2D eigenvalue weighted by Crippen LogP contribution is -2.41. The van der Waals surface area contributed by atoms with Crippen molar-refractivity contribution >= 4 is 11.6 Å². The molecule has 1 aliphatic rings. The lowest BCUT2D eigenvalue weighted by atomic mass is 10.2. The van der Waals surface area contributed by atoms with Crippen molar-refractivity contribution in [3.63, 3.8) is 0 Å². The first-order valence-electron chi connectivity index (χ1n) is 8.68. The minimum absolute atomic E-state index is 0.180. The fourth-order valence-electron chi connectivity index (χ4n) is 3.20. The maximum atomic E-state index is 12.4. The van der Waals surface area contributed by atoms with Gasteiger partial charge in [0.1, 0.15) is 12.7 Å². The number of fused-ring (bicyclic) bond motifs is 1. The summed E-state index contributed by atoms with van der Waals surface area (Å²) < 4.78 is 3.77. The third-order valence-corrected chi connectivity index (χ3v) is 4.63. The SMILES string of the molecule is CC(Cn1cncn1)N1CCn2nc(C(=O)Nc3ccccc3)cc2C1. The Labute approximate surface area is 151 Å². The molecule has 1 aliphatic heterocycles. The van der Waals surface area contributed by atoms with Crippen molar-refractivity contribution in [3.8, 4) is 0 Å². The maximum absolute atomic E-state index is 12.4. The Bertz CT molecular complexity index is 872. The van der Waals surface area contributed by atoms with E-state index in [1.54, 1.807) is 12.7 Å². The Kier molecular flexibility index (Phi) is 4.49. The summed E-state index contributed by atoms with van der Waals surface area (Å²) in [5.41, 5.74) is 2.28. The summed E-state index contributed by atoms with van der Waals surface area (Å²) in [6, 6.07) is 11.6. The highest BCUT2D eigenvalue weighted by atomic mass is 16.2. The number of aromatic nitrogens is 5. The number of amides is 1. The number of nitrogens with zero attached hydrogens (tertiary/aromatic N) is 6. The van der Waals surface area contributed by atoms with E-state index in [4.69, 9.17) is 0 Å². The Morgan fingerprint density at radius 2 is 2.12 bits per heavy atom. The van der Waals surface area contributed by atoms with Crippen LogP contribution in [-0.2, 0) is 19.6 Å². The zero-order valence-electron chi connectivity index (χ0n) is 14.6. The van der Waals surface area contributed by atoms with Gasteiger partial charge >= 0.3 is 0 Å². The van der Waals surface area contributed by atoms with Crippen LogP contribution in [0.3, 0.4) is 0 Å². The van der Waals surface area contributed by atoms with E-state index in [0.29, 0.717) is 11.7 Å². The zero-order chi connectivity index (χ0) is 17.9. The van der Waals surface area contributed by atoms with E-state index in [2.05, 4.69) is 32.3 Å². The Morgan fingerprint density at radius 3 is 2.88 bits per heavy atom. The second-order valence-corrected chi connectivity index (χ2v) is 6.50. The number of hydrogen-bond acceptors (Lipinski definition) is 5. The largest absolute Gasteiger partial charge is 0.321 e. The minimum atomic E-state index is -0.180. The highest BCUT2D eigenvalue weighted by Crippen LogP contribution is 2.17. The fraction of sp³-hybridized carbons (Fsp3) is 0.333. The Morgan fingerprint density at radius 1 is 1.27 bits per heavy atom. The van der Waals surface area contributed by atoms with Crippen molar-refractivity contribution < 1.29 is 4.79 Å². The molecule has 0 radical (unpaired) electrons. The van der Waals surface area contributed by atoms with Gasteiger partial charge in [0.2, 0.25) is 0 Å². The van der Waals surface area contributed by atoms with Gasteiger partial charge in [-0.3, -0.25) is 19.1 Å². The van der Waals surface area contributed by atoms with Crippen LogP contribution in [0.15, 0.2) is 49.1 Å². The first-order valence-corrected chi connectivity index (χ1v) is 8.68. The van der Waals surface area contributed by atoms with E-state index >= 15 is 0 Å². The van der Waals surface area contributed by atoms with Gasteiger partial charge in [0.25, 0.3) is 5.91 Å². The van der Waals surface area contributed by atoms with E-state index in [0.717, 1.165) is 37.6 Å². The van der Waals surface area contributed by atoms with Crippen molar-refractivity contribution in [2.45, 2.75) is 32.6 Å². The molecule has 2 aromatic heterocycles. The molecule has 1 amide bonds. The van der Waals surface area contributed by atoms with Crippen LogP contribution in [0.4, 0.5) is 5.69 Å². The van der Waals surface area contributed by atoms with Crippen LogP contribution in [-0.4, -0.2) is 47.9 Å². The zero-order valence-corrected chi connectivity index (χ0v) is 14.6. The first kappa shape index (κ1) is 16.5. The molecule has 8 heteroatoms. The van der Waals surface area contributed by atoms with Gasteiger partial charge < -0.3 is 5.32 Å². The van der Waals surface area contributed by atoms with Crippen LogP contribution in [0.5, 0.6) is 0 Å². The van der Waals surface area contributed by atoms with E-state index in [1.165, 1.54) is 0 Å². The number of para-hydroxylation sites is 1. The number of rotatable bonds is 5. The normalized spacial score (nSPS) is 15.4. The van der Waals surface area contributed by atoms with Gasteiger partial charge in [-0.1, -0.05) is 18.2 Å². The number of carbonyl (C=O) groups is 1. The number of hydrogen-bond donors (Lipinski definition) is 1. The van der Waals surface area contributed by atoms with Crippen molar-refractivity contribution in [1.29, 1.82) is 0 Å². The van der Waals surface area contributed by atoms with Crippen molar-refractivity contribution in [3.05, 3.63) is 60.4 Å². The summed E-state index contributed by atoms with van der Waals surface area (Å²) in [6.45, 7) is 5.40. The lowest BCUT2D eigenvalue weighted by Gasteiger charge is -2.32. The molecule has 26 heavy (non-hydrogen) atoms. The number of anilines is 1. The van der Waals surface area contributed by atoms with Gasteiger partial charge in [-0.2, -0.15) is 10.2 Å². The lowest BCUT2D eigenvalue weighted by molar-refractivity contribution is 0.102. The monoisotopic (exact) mass is 351 g/mol. The van der Waals surface area contributed by atoms with E-state index in [1.807, 2.05) is 45.8 Å². The Hall–Kier alpha value is -3.00. The van der Waals surface area contributed by atoms with Crippen molar-refractivity contribution in [1.82, 2.24) is 29.4 Å². The third kappa shape index (κ3) is 3.50. The highest BCUT2D eigenvalue weighted by molar-refractivity contribution is 6.02. The molecular weight excluding hydrogens is 330 g/mol. The topological polar surface area (TPSA) is 80.9 Å². The molecule has 1 N–H and O–H groups in total. The molecule has 8 nitrogen and oxygen atoms in total. The quantitative estimate of drug-likeness (QED) is 0.756. The standard InChI is InChI=1S/C18H21N7O/c1-14(10-24-13-19-12-20-24)23-7-8-25-16(11-23)9-17(22-25)18(26)21-15-5-3-2-4-6-15/h2-6,9,12-14H,7-8,10-11H2,1H3,(H,21,26). The minimum Gasteiger partial charge on any atom is -0.321 e. The summed E-state index contributed by atoms with van der Waals surface area (Å²) in [7, 11) is 0. The molecule has 3 heterocycles.